The van der Waals surface area contributed by atoms with E-state index in [2.05, 4.69) is 326 Å². The maximum absolute atomic E-state index is 5.70. The van der Waals surface area contributed by atoms with E-state index in [4.69, 9.17) is 27.1 Å². The molecule has 0 unspecified atom stereocenters. The van der Waals surface area contributed by atoms with E-state index in [0.29, 0.717) is 39.8 Å². The number of aromatic nitrogens is 15. The van der Waals surface area contributed by atoms with Crippen LogP contribution in [0.15, 0.2) is 347 Å². The van der Waals surface area contributed by atoms with Gasteiger partial charge in [0.1, 0.15) is 0 Å². The number of nitrogens with zero attached hydrogens (tertiary/aromatic N) is 15. The Kier molecular flexibility index (Phi) is 31.8. The topological polar surface area (TPSA) is 219 Å². The van der Waals surface area contributed by atoms with Gasteiger partial charge in [-0.15, -0.1) is 91.0 Å². The molecule has 136 heavy (non-hydrogen) atoms. The molecule has 0 aliphatic rings. The third kappa shape index (κ3) is 19.8. The molecule has 0 aliphatic heterocycles. The van der Waals surface area contributed by atoms with Crippen LogP contribution in [0.1, 0.15) is 89.6 Å². The first-order valence-electron chi connectivity index (χ1n) is 43.2. The van der Waals surface area contributed by atoms with Gasteiger partial charge in [-0.2, -0.15) is 0 Å². The Balaban J connectivity index is 0.000000136. The van der Waals surface area contributed by atoms with Crippen LogP contribution in [0.5, 0.6) is 0 Å². The molecule has 13 aromatic carbocycles. The Hall–Kier alpha value is -13.5. The monoisotopic (exact) mass is 2680 g/mol. The molecule has 5 radical (unpaired) electrons. The Morgan fingerprint density at radius 3 is 0.801 bits per heavy atom. The fourth-order valence-corrected chi connectivity index (χ4v) is 17.5. The quantitative estimate of drug-likeness (QED) is 0.0871. The molecule has 25 heteroatoms. The van der Waals surface area contributed by atoms with Crippen molar-refractivity contribution in [2.24, 2.45) is 0 Å². The molecule has 0 N–H and O–H groups in total. The minimum atomic E-state index is 0. The Morgan fingerprint density at radius 1 is 0.243 bits per heavy atom. The summed E-state index contributed by atoms with van der Waals surface area (Å²) in [5, 5.41) is 0. The van der Waals surface area contributed by atoms with Gasteiger partial charge in [0, 0.05) is 224 Å². The second-order valence-corrected chi connectivity index (χ2v) is 32.5. The molecule has 0 spiro atoms. The molecule has 23 rings (SSSR count). The SMILES string of the molecule is CC(C)c1cccc(C(C)C)c1-n1ccnc1-c1[c-]ccc2ncoc12.Cc1cc(-c2ccccc2)cc(C)c1-n1ccnc1-c1[c-]ccc2ncoc12.Cc1cc(C)c(-n2ccnc2-c2[c-]ccc3ncoc23)c(C)c1.Cc1cccc(C)c1-n1ccnc1-c1[c-]ccc2ncoc12.[Ir].[Ir].[Ir].[Ir].[Ir].[c-]1ccc2ncoc2c1-c1nccn1-c1c(-c2ccccc2)cccc1-c1ccccc1. The summed E-state index contributed by atoms with van der Waals surface area (Å²) in [4.78, 5) is 44.2. The molecular formula is C111H88Ir5N15O5-5. The van der Waals surface area contributed by atoms with Crippen LogP contribution in [0.25, 0.3) is 174 Å². The van der Waals surface area contributed by atoms with Gasteiger partial charge in [-0.3, -0.25) is 24.9 Å². The smallest absolute Gasteiger partial charge is 0.169 e. The minimum absolute atomic E-state index is 0. The van der Waals surface area contributed by atoms with Crippen molar-refractivity contribution in [1.29, 1.82) is 0 Å². The van der Waals surface area contributed by atoms with Gasteiger partial charge in [0.2, 0.25) is 0 Å². The molecule has 10 heterocycles. The van der Waals surface area contributed by atoms with E-state index in [9.17, 15) is 0 Å². The van der Waals surface area contributed by atoms with Crippen molar-refractivity contribution in [1.82, 2.24) is 72.7 Å². The van der Waals surface area contributed by atoms with Gasteiger partial charge < -0.3 is 44.9 Å². The van der Waals surface area contributed by atoms with E-state index in [0.717, 1.165) is 130 Å². The Bertz CT molecular complexity index is 7870. The number of rotatable bonds is 15. The van der Waals surface area contributed by atoms with Crippen molar-refractivity contribution >= 4 is 55.5 Å². The van der Waals surface area contributed by atoms with E-state index in [1.807, 2.05) is 128 Å². The van der Waals surface area contributed by atoms with Crippen LogP contribution in [-0.2, 0) is 101 Å². The molecule has 0 bridgehead atoms. The minimum Gasteiger partial charge on any atom is -0.490 e. The first-order valence-corrected chi connectivity index (χ1v) is 43.2. The Morgan fingerprint density at radius 2 is 0.500 bits per heavy atom. The van der Waals surface area contributed by atoms with Crippen LogP contribution in [-0.4, -0.2) is 72.7 Å². The van der Waals surface area contributed by atoms with Gasteiger partial charge >= 0.3 is 0 Å². The van der Waals surface area contributed by atoms with Gasteiger partial charge in [0.05, 0.1) is 62.7 Å². The van der Waals surface area contributed by atoms with Crippen molar-refractivity contribution in [2.45, 2.75) is 88.0 Å². The normalized spacial score (nSPS) is 10.9. The van der Waals surface area contributed by atoms with Crippen molar-refractivity contribution in [3.8, 4) is 119 Å². The zero-order valence-electron chi connectivity index (χ0n) is 75.7. The summed E-state index contributed by atoms with van der Waals surface area (Å²) >= 11 is 0. The van der Waals surface area contributed by atoms with Crippen LogP contribution in [0, 0.1) is 78.8 Å². The molecule has 10 aromatic heterocycles. The van der Waals surface area contributed by atoms with Crippen LogP contribution in [0.4, 0.5) is 0 Å². The average molecular weight is 2670 g/mol. The maximum atomic E-state index is 5.70. The first kappa shape index (κ1) is 98.5. The summed E-state index contributed by atoms with van der Waals surface area (Å²) < 4.78 is 38.6. The molecule has 0 atom stereocenters. The maximum Gasteiger partial charge on any atom is 0.169 e. The number of para-hydroxylation sites is 3. The molecule has 0 fully saturated rings. The number of imidazole rings is 5. The van der Waals surface area contributed by atoms with E-state index in [1.54, 1.807) is 12.4 Å². The predicted molar refractivity (Wildman–Crippen MR) is 515 cm³/mol. The van der Waals surface area contributed by atoms with Crippen LogP contribution >= 0.6 is 0 Å². The summed E-state index contributed by atoms with van der Waals surface area (Å²) in [6.45, 7) is 23.7. The molecule has 0 saturated heterocycles. The van der Waals surface area contributed by atoms with Gasteiger partial charge in [0.15, 0.2) is 32.0 Å². The molecule has 20 nitrogen and oxygen atoms in total. The average Bonchev–Trinajstić information content (AvgIpc) is 1.61. The number of benzene rings is 13. The first-order chi connectivity index (χ1) is 64.1. The fourth-order valence-electron chi connectivity index (χ4n) is 17.5. The largest absolute Gasteiger partial charge is 0.490 e. The van der Waals surface area contributed by atoms with Gasteiger partial charge in [-0.25, -0.2) is 24.9 Å². The molecule has 23 aromatic rings. The summed E-state index contributed by atoms with van der Waals surface area (Å²) in [6.07, 6.45) is 26.3. The van der Waals surface area contributed by atoms with Gasteiger partial charge in [0.25, 0.3) is 0 Å². The summed E-state index contributed by atoms with van der Waals surface area (Å²) in [5.74, 6) is 4.80. The van der Waals surface area contributed by atoms with Crippen molar-refractivity contribution < 1.29 is 123 Å². The van der Waals surface area contributed by atoms with Gasteiger partial charge in [-0.1, -0.05) is 219 Å². The molecular weight excluding hydrogens is 2580 g/mol. The number of aryl methyl sites for hydroxylation is 7. The van der Waals surface area contributed by atoms with E-state index in [-0.39, 0.29) is 101 Å². The summed E-state index contributed by atoms with van der Waals surface area (Å²) in [7, 11) is 0. The predicted octanol–water partition coefficient (Wildman–Crippen LogP) is 26.8. The Labute approximate surface area is 854 Å². The third-order valence-corrected chi connectivity index (χ3v) is 23.2. The third-order valence-electron chi connectivity index (χ3n) is 23.2. The van der Waals surface area contributed by atoms with E-state index < -0.39 is 0 Å². The molecule has 0 amide bonds. The fraction of sp³-hybridized carbons (Fsp3) is 0.117. The van der Waals surface area contributed by atoms with Crippen LogP contribution in [0.2, 0.25) is 0 Å². The summed E-state index contributed by atoms with van der Waals surface area (Å²) in [6, 6.07) is 94.4. The molecule has 687 valence electrons. The molecule has 0 aliphatic carbocycles. The van der Waals surface area contributed by atoms with Crippen LogP contribution in [0.3, 0.4) is 0 Å². The zero-order chi connectivity index (χ0) is 89.8. The number of hydrogen-bond acceptors (Lipinski definition) is 15. The number of hydrogen-bond donors (Lipinski definition) is 0. The molecule has 0 saturated carbocycles. The van der Waals surface area contributed by atoms with Crippen molar-refractivity contribution in [3.05, 3.63) is 405 Å². The van der Waals surface area contributed by atoms with E-state index in [1.165, 1.54) is 98.9 Å². The number of fused-ring (bicyclic) bond motifs is 5. The summed E-state index contributed by atoms with van der Waals surface area (Å²) in [5.41, 5.74) is 35.3. The van der Waals surface area contributed by atoms with Crippen molar-refractivity contribution in [2.75, 3.05) is 0 Å². The van der Waals surface area contributed by atoms with Gasteiger partial charge in [-0.05, 0) is 139 Å². The van der Waals surface area contributed by atoms with Crippen molar-refractivity contribution in [3.63, 3.8) is 0 Å². The number of oxazole rings is 5. The zero-order valence-corrected chi connectivity index (χ0v) is 87.6. The second-order valence-electron chi connectivity index (χ2n) is 32.5. The van der Waals surface area contributed by atoms with E-state index >= 15 is 0 Å². The second kappa shape index (κ2) is 43.9. The standard InChI is InChI=1S/C28H18N3O.C24H18N3O.C22H22N3O.C19H16N3O.C18H14N3O.5Ir/c1-3-9-20(10-4-1)22-13-7-14-23(21-11-5-2-6-12-21)26(22)31-18-17-29-28(31)24-15-8-16-25-27(24)32-19-30-25;1-16-13-19(18-7-4-3-5-8-18)14-17(2)22(16)27-12-11-25-24(27)20-9-6-10-21-23(20)28-15-26-21;1-14(2)16-7-5-8-17(15(3)4)20(16)25-12-11-23-22(25)18-9-6-10-19-21(18)26-13-24-19;1-12-9-13(2)17(14(3)10-12)22-8-7-20-19(22)15-5-4-6-16-18(15)23-11-21-16;1-12-5-3-6-13(2)16(12)21-10-9-19-18(21)14-7-4-8-15-17(14)22-11-20-15;;;;;/h1-14,16-19H;3-8,10-15H,1-2H3;5-8,10-15H,1-4H3;4,6-11H,1-3H3;3-6,8-11H,1-2H3;;;;;/q5*-1;;;;;. The van der Waals surface area contributed by atoms with Crippen LogP contribution < -0.4 is 0 Å².